The van der Waals surface area contributed by atoms with E-state index in [4.69, 9.17) is 16.0 Å². The lowest BCUT2D eigenvalue weighted by atomic mass is 9.69. The maximum Gasteiger partial charge on any atom is 0.243 e. The van der Waals surface area contributed by atoms with Crippen LogP contribution in [0.4, 0.5) is 0 Å². The van der Waals surface area contributed by atoms with Gasteiger partial charge in [0.2, 0.25) is 15.9 Å². The third kappa shape index (κ3) is 4.32. The molecular weight excluding hydrogens is 510 g/mol. The summed E-state index contributed by atoms with van der Waals surface area (Å²) in [7, 11) is -5.88. The van der Waals surface area contributed by atoms with Crippen LogP contribution in [0.15, 0.2) is 41.4 Å². The molecule has 2 saturated carbocycles. The van der Waals surface area contributed by atoms with Gasteiger partial charge in [0.15, 0.2) is 8.32 Å². The minimum atomic E-state index is -3.67. The largest absolute Gasteiger partial charge is 0.405 e. The second kappa shape index (κ2) is 8.96. The first-order chi connectivity index (χ1) is 16.4. The molecule has 0 radical (unpaired) electrons. The molecular formula is C28H42ClNO4SSi. The summed E-state index contributed by atoms with van der Waals surface area (Å²) in [5.74, 6) is -0.523. The highest BCUT2D eigenvalue weighted by Gasteiger charge is 2.72. The number of hydrogen-bond donors (Lipinski definition) is 0. The van der Waals surface area contributed by atoms with Gasteiger partial charge in [-0.1, -0.05) is 89.6 Å². The highest BCUT2D eigenvalue weighted by Crippen LogP contribution is 2.70. The fourth-order valence-corrected chi connectivity index (χ4v) is 10.8. The SMILES string of the molecule is C[C@H](/C=C(\Cl)[C@H](O[Si](C)(C)C(C)(C)C)c1ccccc1)C(=O)N1[C@@H]2C[C@H]3CC[C@]2(CS1(=O)=O)C3(C)C. The Labute approximate surface area is 223 Å². The van der Waals surface area contributed by atoms with E-state index in [-0.39, 0.29) is 33.6 Å². The van der Waals surface area contributed by atoms with E-state index in [1.165, 1.54) is 4.31 Å². The fourth-order valence-electron chi connectivity index (χ4n) is 6.56. The molecule has 5 atom stereocenters. The van der Waals surface area contributed by atoms with Crippen molar-refractivity contribution in [3.8, 4) is 0 Å². The van der Waals surface area contributed by atoms with Gasteiger partial charge >= 0.3 is 0 Å². The van der Waals surface area contributed by atoms with Gasteiger partial charge in [0, 0.05) is 10.4 Å². The van der Waals surface area contributed by atoms with Gasteiger partial charge < -0.3 is 4.43 Å². The number of carbonyl (C=O) groups excluding carboxylic acids is 1. The Morgan fingerprint density at radius 2 is 1.83 bits per heavy atom. The van der Waals surface area contributed by atoms with Crippen molar-refractivity contribution < 1.29 is 17.6 Å². The lowest BCUT2D eigenvalue weighted by Gasteiger charge is -2.39. The molecule has 3 aliphatic rings. The number of hydrogen-bond acceptors (Lipinski definition) is 4. The number of nitrogens with zero attached hydrogens (tertiary/aromatic N) is 1. The highest BCUT2D eigenvalue weighted by molar-refractivity contribution is 7.90. The second-order valence-corrected chi connectivity index (χ2v) is 20.3. The van der Waals surface area contributed by atoms with Crippen molar-refractivity contribution in [2.45, 2.75) is 91.1 Å². The summed E-state index contributed by atoms with van der Waals surface area (Å²) in [5, 5.41) is 0.400. The van der Waals surface area contributed by atoms with E-state index in [2.05, 4.69) is 47.7 Å². The zero-order valence-corrected chi connectivity index (χ0v) is 25.5. The van der Waals surface area contributed by atoms with Gasteiger partial charge in [-0.2, -0.15) is 0 Å². The molecule has 0 aromatic heterocycles. The lowest BCUT2D eigenvalue weighted by molar-refractivity contribution is -0.131. The summed E-state index contributed by atoms with van der Waals surface area (Å²) >= 11 is 6.91. The molecule has 1 spiro atoms. The van der Waals surface area contributed by atoms with Crippen molar-refractivity contribution in [2.24, 2.45) is 22.7 Å². The minimum Gasteiger partial charge on any atom is -0.405 e. The van der Waals surface area contributed by atoms with E-state index in [1.807, 2.05) is 30.3 Å². The molecule has 3 fully saturated rings. The van der Waals surface area contributed by atoms with Crippen LogP contribution in [0.25, 0.3) is 0 Å². The molecule has 1 heterocycles. The van der Waals surface area contributed by atoms with Crippen LogP contribution in [0.5, 0.6) is 0 Å². The van der Waals surface area contributed by atoms with Gasteiger partial charge in [0.25, 0.3) is 0 Å². The summed E-state index contributed by atoms with van der Waals surface area (Å²) in [4.78, 5) is 13.7. The van der Waals surface area contributed by atoms with Crippen LogP contribution < -0.4 is 0 Å². The molecule has 4 rings (SSSR count). The Hall–Kier alpha value is -1.15. The van der Waals surface area contributed by atoms with E-state index < -0.39 is 30.4 Å². The third-order valence-corrected chi connectivity index (χ3v) is 16.7. The number of carbonyl (C=O) groups is 1. The van der Waals surface area contributed by atoms with Crippen LogP contribution in [0.2, 0.25) is 18.1 Å². The van der Waals surface area contributed by atoms with Crippen LogP contribution in [-0.4, -0.2) is 38.7 Å². The highest BCUT2D eigenvalue weighted by atomic mass is 35.5. The average Bonchev–Trinajstić information content (AvgIpc) is 3.24. The Morgan fingerprint density at radius 3 is 2.39 bits per heavy atom. The van der Waals surface area contributed by atoms with Crippen molar-refractivity contribution in [1.82, 2.24) is 4.31 Å². The topological polar surface area (TPSA) is 63.7 Å². The predicted octanol–water partition coefficient (Wildman–Crippen LogP) is 6.88. The zero-order chi connectivity index (χ0) is 26.9. The van der Waals surface area contributed by atoms with Gasteiger partial charge in [-0.05, 0) is 54.3 Å². The van der Waals surface area contributed by atoms with Gasteiger partial charge in [0.1, 0.15) is 6.10 Å². The number of halogens is 1. The minimum absolute atomic E-state index is 0.0226. The van der Waals surface area contributed by atoms with E-state index >= 15 is 0 Å². The first kappa shape index (κ1) is 27.9. The van der Waals surface area contributed by atoms with Gasteiger partial charge in [-0.25, -0.2) is 12.7 Å². The monoisotopic (exact) mass is 551 g/mol. The summed E-state index contributed by atoms with van der Waals surface area (Å²) in [6.07, 6.45) is 3.88. The number of sulfonamides is 1. The quantitative estimate of drug-likeness (QED) is 0.362. The second-order valence-electron chi connectivity index (χ2n) is 13.3. The summed E-state index contributed by atoms with van der Waals surface area (Å²) in [6, 6.07) is 9.55. The van der Waals surface area contributed by atoms with Crippen LogP contribution in [0, 0.1) is 22.7 Å². The molecule has 2 aliphatic carbocycles. The molecule has 0 N–H and O–H groups in total. The Morgan fingerprint density at radius 1 is 1.22 bits per heavy atom. The summed E-state index contributed by atoms with van der Waals surface area (Å²) in [6.45, 7) is 17.0. The fraction of sp³-hybridized carbons (Fsp3) is 0.679. The normalized spacial score (nSPS) is 30.8. The van der Waals surface area contributed by atoms with Gasteiger partial charge in [0.05, 0.1) is 17.7 Å². The van der Waals surface area contributed by atoms with Crippen LogP contribution in [0.1, 0.15) is 72.5 Å². The first-order valence-corrected chi connectivity index (χ1v) is 18.0. The van der Waals surface area contributed by atoms with Crippen LogP contribution in [-0.2, 0) is 19.2 Å². The van der Waals surface area contributed by atoms with E-state index in [9.17, 15) is 13.2 Å². The van der Waals surface area contributed by atoms with Crippen LogP contribution >= 0.6 is 11.6 Å². The first-order valence-electron chi connectivity index (χ1n) is 13.1. The van der Waals surface area contributed by atoms with Crippen molar-refractivity contribution in [1.29, 1.82) is 0 Å². The van der Waals surface area contributed by atoms with E-state index in [0.29, 0.717) is 11.0 Å². The molecule has 1 aromatic carbocycles. The van der Waals surface area contributed by atoms with Crippen molar-refractivity contribution in [3.63, 3.8) is 0 Å². The lowest BCUT2D eigenvalue weighted by Crippen LogP contribution is -2.45. The van der Waals surface area contributed by atoms with Gasteiger partial charge in [-0.3, -0.25) is 4.79 Å². The summed E-state index contributed by atoms with van der Waals surface area (Å²) in [5.41, 5.74) is 0.509. The molecule has 1 amide bonds. The van der Waals surface area contributed by atoms with Crippen molar-refractivity contribution in [3.05, 3.63) is 47.0 Å². The Kier molecular flexibility index (Phi) is 6.94. The smallest absolute Gasteiger partial charge is 0.243 e. The molecule has 1 aromatic rings. The third-order valence-electron chi connectivity index (χ3n) is 10.00. The van der Waals surface area contributed by atoms with Crippen molar-refractivity contribution >= 4 is 35.8 Å². The van der Waals surface area contributed by atoms with Crippen molar-refractivity contribution in [2.75, 3.05) is 5.75 Å². The Balaban J connectivity index is 1.64. The predicted molar refractivity (Wildman–Crippen MR) is 149 cm³/mol. The maximum atomic E-state index is 13.7. The number of rotatable bonds is 6. The number of benzene rings is 1. The van der Waals surface area contributed by atoms with Gasteiger partial charge in [-0.15, -0.1) is 0 Å². The average molecular weight is 552 g/mol. The van der Waals surface area contributed by atoms with Crippen LogP contribution in [0.3, 0.4) is 0 Å². The molecule has 200 valence electrons. The standard InChI is InChI=1S/C28H42ClNO4SSi/c1-19(16-22(29)24(20-12-10-9-11-13-20)34-36(7,8)26(2,3)4)25(31)30-23-17-21-14-15-28(23,27(21,5)6)18-35(30,32)33/h9-13,16,19,21,23-24H,14-15,17-18H2,1-8H3/b22-16-/t19-,21-,23-,24-,28-/m1/s1. The molecule has 1 aliphatic heterocycles. The molecule has 1 saturated heterocycles. The number of amides is 1. The van der Waals surface area contributed by atoms with E-state index in [1.54, 1.807) is 13.0 Å². The Bertz CT molecular complexity index is 1160. The maximum absolute atomic E-state index is 13.7. The molecule has 36 heavy (non-hydrogen) atoms. The molecule has 5 nitrogen and oxygen atoms in total. The zero-order valence-electron chi connectivity index (χ0n) is 23.0. The van der Waals surface area contributed by atoms with E-state index in [0.717, 1.165) is 24.8 Å². The molecule has 2 bridgehead atoms. The number of fused-ring (bicyclic) bond motifs is 1. The molecule has 0 unspecified atom stereocenters. The summed E-state index contributed by atoms with van der Waals surface area (Å²) < 4.78 is 34.7. The molecule has 8 heteroatoms.